The van der Waals surface area contributed by atoms with Crippen LogP contribution < -0.4 is 15.4 Å². The van der Waals surface area contributed by atoms with E-state index in [2.05, 4.69) is 32.2 Å². The first kappa shape index (κ1) is 38.6. The van der Waals surface area contributed by atoms with Crippen molar-refractivity contribution in [3.8, 4) is 0 Å². The van der Waals surface area contributed by atoms with Gasteiger partial charge in [0.05, 0.1) is 36.0 Å². The molecule has 3 rings (SSSR count). The lowest BCUT2D eigenvalue weighted by Gasteiger charge is -2.32. The fourth-order valence-electron chi connectivity index (χ4n) is 6.44. The Kier molecular flexibility index (Phi) is 16.9. The van der Waals surface area contributed by atoms with Gasteiger partial charge in [-0.25, -0.2) is 18.1 Å². The van der Waals surface area contributed by atoms with Crippen molar-refractivity contribution in [2.75, 3.05) is 12.3 Å². The first-order valence-corrected chi connectivity index (χ1v) is 19.2. The number of imidazole rings is 1. The number of carbonyl (C=O) groups is 2. The molecule has 2 aromatic rings. The van der Waals surface area contributed by atoms with Crippen molar-refractivity contribution in [1.29, 1.82) is 0 Å². The second kappa shape index (κ2) is 20.5. The molecule has 5 atom stereocenters. The van der Waals surface area contributed by atoms with E-state index in [-0.39, 0.29) is 37.0 Å². The van der Waals surface area contributed by atoms with E-state index in [1.165, 1.54) is 6.33 Å². The first-order valence-electron chi connectivity index (χ1n) is 17.6. The largest absolute Gasteiger partial charge is 0.392 e. The van der Waals surface area contributed by atoms with E-state index in [0.29, 0.717) is 37.3 Å². The molecule has 0 saturated heterocycles. The Bertz CT molecular complexity index is 1270. The van der Waals surface area contributed by atoms with Crippen molar-refractivity contribution in [2.24, 2.45) is 11.8 Å². The van der Waals surface area contributed by atoms with E-state index in [9.17, 15) is 28.2 Å². The van der Waals surface area contributed by atoms with Crippen molar-refractivity contribution in [1.82, 2.24) is 25.3 Å². The number of rotatable bonds is 22. The second-order valence-electron chi connectivity index (χ2n) is 13.2. The van der Waals surface area contributed by atoms with Gasteiger partial charge in [0, 0.05) is 31.5 Å². The van der Waals surface area contributed by atoms with Gasteiger partial charge in [-0.1, -0.05) is 95.5 Å². The molecule has 264 valence electrons. The van der Waals surface area contributed by atoms with Crippen molar-refractivity contribution in [2.45, 2.75) is 128 Å². The molecule has 6 N–H and O–H groups in total. The van der Waals surface area contributed by atoms with E-state index in [4.69, 9.17) is 0 Å². The lowest BCUT2D eigenvalue weighted by molar-refractivity contribution is -0.132. The Morgan fingerprint density at radius 3 is 2.38 bits per heavy atom. The number of aliphatic hydroxyl groups is 2. The Morgan fingerprint density at radius 1 is 0.979 bits per heavy atom. The molecule has 1 aliphatic carbocycles. The number of nitrogens with one attached hydrogen (secondary N) is 4. The highest BCUT2D eigenvalue weighted by Crippen LogP contribution is 2.29. The summed E-state index contributed by atoms with van der Waals surface area (Å²) in [6.07, 6.45) is 11.5. The van der Waals surface area contributed by atoms with Crippen LogP contribution >= 0.6 is 0 Å². The van der Waals surface area contributed by atoms with Gasteiger partial charge in [-0.05, 0) is 37.2 Å². The van der Waals surface area contributed by atoms with Gasteiger partial charge < -0.3 is 25.8 Å². The number of aromatic nitrogens is 2. The summed E-state index contributed by atoms with van der Waals surface area (Å²) in [5.41, 5.74) is 1.68. The van der Waals surface area contributed by atoms with Gasteiger partial charge in [-0.2, -0.15) is 0 Å². The molecule has 1 aromatic heterocycles. The minimum absolute atomic E-state index is 0.0451. The van der Waals surface area contributed by atoms with Crippen LogP contribution in [-0.4, -0.2) is 77.0 Å². The molecule has 0 bridgehead atoms. The summed E-state index contributed by atoms with van der Waals surface area (Å²) in [6.45, 7) is 3.66. The number of aliphatic hydroxyl groups excluding tert-OH is 2. The van der Waals surface area contributed by atoms with E-state index >= 15 is 0 Å². The van der Waals surface area contributed by atoms with Crippen LogP contribution in [0.5, 0.6) is 0 Å². The minimum Gasteiger partial charge on any atom is -0.392 e. The number of nitrogens with zero attached hydrogens (tertiary/aromatic N) is 1. The highest BCUT2D eigenvalue weighted by atomic mass is 32.2. The molecule has 12 heteroatoms. The number of unbranched alkanes of at least 4 members (excludes halogenated alkanes) is 2. The van der Waals surface area contributed by atoms with Crippen molar-refractivity contribution < 1.29 is 28.2 Å². The molecule has 11 nitrogen and oxygen atoms in total. The molecule has 0 spiro atoms. The quantitative estimate of drug-likeness (QED) is 0.103. The molecule has 1 saturated carbocycles. The van der Waals surface area contributed by atoms with Gasteiger partial charge in [0.1, 0.15) is 6.04 Å². The number of hydrogen-bond donors (Lipinski definition) is 6. The van der Waals surface area contributed by atoms with E-state index in [1.807, 2.05) is 30.3 Å². The summed E-state index contributed by atoms with van der Waals surface area (Å²) in [4.78, 5) is 35.0. The number of sulfonamides is 1. The lowest BCUT2D eigenvalue weighted by Crippen LogP contribution is -2.55. The normalized spacial score (nSPS) is 17.4. The van der Waals surface area contributed by atoms with Crippen molar-refractivity contribution in [3.05, 3.63) is 54.1 Å². The van der Waals surface area contributed by atoms with Crippen molar-refractivity contribution >= 4 is 21.8 Å². The summed E-state index contributed by atoms with van der Waals surface area (Å²) >= 11 is 0. The predicted octanol–water partition coefficient (Wildman–Crippen LogP) is 3.77. The van der Waals surface area contributed by atoms with Gasteiger partial charge in [0.2, 0.25) is 21.8 Å². The fourth-order valence-corrected chi connectivity index (χ4v) is 7.57. The SMILES string of the molecule is CCCCCC(Cc1ccccc1)C(=O)NC(Cc1c[nH]cn1)C(=O)N[C@@H](CC1CCCCC1)[C@@H](O)C[C@@H](O)CNS(=O)(=O)CCC. The second-order valence-corrected chi connectivity index (χ2v) is 15.1. The molecule has 1 aliphatic rings. The van der Waals surface area contributed by atoms with Crippen LogP contribution in [0.25, 0.3) is 0 Å². The number of hydrogen-bond acceptors (Lipinski definition) is 7. The third-order valence-corrected chi connectivity index (χ3v) is 10.6. The van der Waals surface area contributed by atoms with Crippen LogP contribution in [0, 0.1) is 11.8 Å². The Morgan fingerprint density at radius 2 is 1.72 bits per heavy atom. The summed E-state index contributed by atoms with van der Waals surface area (Å²) < 4.78 is 26.6. The van der Waals surface area contributed by atoms with E-state index in [1.54, 1.807) is 13.1 Å². The maximum atomic E-state index is 14.0. The zero-order valence-corrected chi connectivity index (χ0v) is 29.0. The van der Waals surface area contributed by atoms with Crippen LogP contribution in [0.2, 0.25) is 0 Å². The predicted molar refractivity (Wildman–Crippen MR) is 184 cm³/mol. The standard InChI is InChI=1S/C35H57N5O6S/c1-3-5-8-17-28(19-26-13-9-6-10-14-26)34(43)40-32(21-29-23-36-25-37-29)35(44)39-31(20-27-15-11-7-12-16-27)33(42)22-30(41)24-38-47(45,46)18-4-2/h6,9-10,13-14,23,25,27-28,30-33,38,41-42H,3-5,7-8,11-12,15-22,24H2,1-2H3,(H,36,37)(H,39,44)(H,40,43)/t28?,30-,31+,32?,33+/m1/s1. The topological polar surface area (TPSA) is 174 Å². The molecule has 47 heavy (non-hydrogen) atoms. The maximum Gasteiger partial charge on any atom is 0.243 e. The van der Waals surface area contributed by atoms with Crippen LogP contribution in [-0.2, 0) is 32.5 Å². The van der Waals surface area contributed by atoms with Crippen LogP contribution in [0.15, 0.2) is 42.9 Å². The zero-order chi connectivity index (χ0) is 34.1. The third kappa shape index (κ3) is 14.5. The number of aromatic amines is 1. The zero-order valence-electron chi connectivity index (χ0n) is 28.2. The molecule has 2 amide bonds. The van der Waals surface area contributed by atoms with Gasteiger partial charge in [0.25, 0.3) is 0 Å². The molecule has 1 heterocycles. The number of carbonyl (C=O) groups excluding carboxylic acids is 2. The van der Waals surface area contributed by atoms with Crippen LogP contribution in [0.1, 0.15) is 102 Å². The van der Waals surface area contributed by atoms with Crippen molar-refractivity contribution in [3.63, 3.8) is 0 Å². The molecular formula is C35H57N5O6S. The summed E-state index contributed by atoms with van der Waals surface area (Å²) in [5, 5.41) is 28.0. The van der Waals surface area contributed by atoms with Gasteiger partial charge in [-0.3, -0.25) is 9.59 Å². The monoisotopic (exact) mass is 675 g/mol. The smallest absolute Gasteiger partial charge is 0.243 e. The Hall–Kier alpha value is -2.80. The average Bonchev–Trinajstić information content (AvgIpc) is 3.57. The lowest BCUT2D eigenvalue weighted by atomic mass is 9.83. The number of amides is 2. The fraction of sp³-hybridized carbons (Fsp3) is 0.686. The third-order valence-electron chi connectivity index (χ3n) is 9.08. The summed E-state index contributed by atoms with van der Waals surface area (Å²) in [6, 6.07) is 8.26. The first-order chi connectivity index (χ1) is 22.6. The average molecular weight is 676 g/mol. The molecular weight excluding hydrogens is 618 g/mol. The number of H-pyrrole nitrogens is 1. The van der Waals surface area contributed by atoms with Crippen LogP contribution in [0.3, 0.4) is 0 Å². The Labute approximate surface area is 281 Å². The molecule has 1 fully saturated rings. The van der Waals surface area contributed by atoms with Gasteiger partial charge >= 0.3 is 0 Å². The van der Waals surface area contributed by atoms with E-state index < -0.39 is 40.2 Å². The summed E-state index contributed by atoms with van der Waals surface area (Å²) in [5.74, 6) is -0.673. The van der Waals surface area contributed by atoms with Gasteiger partial charge in [0.15, 0.2) is 0 Å². The molecule has 1 aromatic carbocycles. The van der Waals surface area contributed by atoms with Gasteiger partial charge in [-0.15, -0.1) is 0 Å². The molecule has 0 radical (unpaired) electrons. The Balaban J connectivity index is 1.76. The number of benzene rings is 1. The van der Waals surface area contributed by atoms with Crippen LogP contribution in [0.4, 0.5) is 0 Å². The maximum absolute atomic E-state index is 14.0. The minimum atomic E-state index is -3.52. The summed E-state index contributed by atoms with van der Waals surface area (Å²) in [7, 11) is -3.52. The highest BCUT2D eigenvalue weighted by Gasteiger charge is 2.32. The highest BCUT2D eigenvalue weighted by molar-refractivity contribution is 7.89. The molecule has 0 aliphatic heterocycles. The molecule has 2 unspecified atom stereocenters. The van der Waals surface area contributed by atoms with E-state index in [0.717, 1.165) is 56.9 Å².